The van der Waals surface area contributed by atoms with Gasteiger partial charge >= 0.3 is 5.97 Å². The molecule has 0 aromatic carbocycles. The third-order valence-corrected chi connectivity index (χ3v) is 3.11. The Bertz CT molecular complexity index is 261. The summed E-state index contributed by atoms with van der Waals surface area (Å²) in [4.78, 5) is 21.8. The number of carboxylic acids is 1. The molecule has 2 unspecified atom stereocenters. The maximum absolute atomic E-state index is 11.6. The van der Waals surface area contributed by atoms with Crippen molar-refractivity contribution < 1.29 is 19.4 Å². The fourth-order valence-corrected chi connectivity index (χ4v) is 1.95. The first-order chi connectivity index (χ1) is 8.09. The lowest BCUT2D eigenvalue weighted by molar-refractivity contribution is -0.137. The topological polar surface area (TPSA) is 75.6 Å². The molecule has 0 aromatic heterocycles. The number of rotatable bonds is 7. The Morgan fingerprint density at radius 1 is 1.41 bits per heavy atom. The predicted octanol–water partition coefficient (Wildman–Crippen LogP) is 1.17. The van der Waals surface area contributed by atoms with Gasteiger partial charge in [0.05, 0.1) is 6.61 Å². The highest BCUT2D eigenvalue weighted by atomic mass is 16.5. The molecule has 0 bridgehead atoms. The van der Waals surface area contributed by atoms with E-state index in [1.54, 1.807) is 0 Å². The number of carboxylic acid groups (broad SMARTS) is 1. The van der Waals surface area contributed by atoms with Crippen molar-refractivity contribution in [1.29, 1.82) is 0 Å². The first kappa shape index (κ1) is 14.0. The number of ether oxygens (including phenoxy) is 1. The van der Waals surface area contributed by atoms with E-state index in [0.717, 1.165) is 19.6 Å². The molecular formula is C12H21NO4. The number of aliphatic carboxylic acids is 1. The summed E-state index contributed by atoms with van der Waals surface area (Å²) in [5, 5.41) is 11.4. The molecular weight excluding hydrogens is 222 g/mol. The van der Waals surface area contributed by atoms with Crippen LogP contribution in [0.4, 0.5) is 0 Å². The van der Waals surface area contributed by atoms with Gasteiger partial charge in [-0.3, -0.25) is 9.59 Å². The summed E-state index contributed by atoms with van der Waals surface area (Å²) < 4.78 is 5.27. The maximum atomic E-state index is 11.6. The van der Waals surface area contributed by atoms with Crippen LogP contribution in [0.15, 0.2) is 0 Å². The van der Waals surface area contributed by atoms with E-state index < -0.39 is 5.97 Å². The fraction of sp³-hybridized carbons (Fsp3) is 0.833. The SMILES string of the molecule is CC(NC(=O)CCCCC(=O)O)C1CCOC1. The van der Waals surface area contributed by atoms with Crippen molar-refractivity contribution in [2.45, 2.75) is 45.1 Å². The first-order valence-electron chi connectivity index (χ1n) is 6.18. The highest BCUT2D eigenvalue weighted by Gasteiger charge is 2.23. The maximum Gasteiger partial charge on any atom is 0.303 e. The lowest BCUT2D eigenvalue weighted by Gasteiger charge is -2.19. The Labute approximate surface area is 102 Å². The summed E-state index contributed by atoms with van der Waals surface area (Å²) in [7, 11) is 0. The van der Waals surface area contributed by atoms with Crippen LogP contribution in [0.25, 0.3) is 0 Å². The van der Waals surface area contributed by atoms with Crippen molar-refractivity contribution in [2.75, 3.05) is 13.2 Å². The van der Waals surface area contributed by atoms with Crippen molar-refractivity contribution in [1.82, 2.24) is 5.32 Å². The lowest BCUT2D eigenvalue weighted by Crippen LogP contribution is -2.38. The van der Waals surface area contributed by atoms with Crippen molar-refractivity contribution in [3.05, 3.63) is 0 Å². The number of carbonyl (C=O) groups is 2. The van der Waals surface area contributed by atoms with E-state index in [9.17, 15) is 9.59 Å². The standard InChI is InChI=1S/C12H21NO4/c1-9(10-6-7-17-8-10)13-11(14)4-2-3-5-12(15)16/h9-10H,2-8H2,1H3,(H,13,14)(H,15,16). The molecule has 1 aliphatic heterocycles. The highest BCUT2D eigenvalue weighted by Crippen LogP contribution is 2.16. The van der Waals surface area contributed by atoms with E-state index in [1.807, 2.05) is 6.92 Å². The average Bonchev–Trinajstić information content (AvgIpc) is 2.77. The summed E-state index contributed by atoms with van der Waals surface area (Å²) in [6.45, 7) is 3.50. The molecule has 1 rings (SSSR count). The molecule has 0 spiro atoms. The molecule has 5 heteroatoms. The molecule has 1 saturated heterocycles. The van der Waals surface area contributed by atoms with Crippen molar-refractivity contribution >= 4 is 11.9 Å². The van der Waals surface area contributed by atoms with E-state index >= 15 is 0 Å². The molecule has 1 fully saturated rings. The normalized spacial score (nSPS) is 21.1. The lowest BCUT2D eigenvalue weighted by atomic mass is 10.0. The Balaban J connectivity index is 2.09. The number of carbonyl (C=O) groups excluding carboxylic acids is 1. The van der Waals surface area contributed by atoms with Crippen molar-refractivity contribution in [2.24, 2.45) is 5.92 Å². The van der Waals surface area contributed by atoms with Gasteiger partial charge in [0.1, 0.15) is 0 Å². The summed E-state index contributed by atoms with van der Waals surface area (Å²) >= 11 is 0. The van der Waals surface area contributed by atoms with Crippen LogP contribution in [0.5, 0.6) is 0 Å². The summed E-state index contributed by atoms with van der Waals surface area (Å²) in [5.41, 5.74) is 0. The second-order valence-electron chi connectivity index (χ2n) is 4.58. The van der Waals surface area contributed by atoms with Crippen LogP contribution in [0, 0.1) is 5.92 Å². The van der Waals surface area contributed by atoms with E-state index in [0.29, 0.717) is 25.2 Å². The van der Waals surface area contributed by atoms with Gasteiger partial charge in [-0.2, -0.15) is 0 Å². The minimum atomic E-state index is -0.804. The second-order valence-corrected chi connectivity index (χ2v) is 4.58. The van der Waals surface area contributed by atoms with Crippen LogP contribution in [0.3, 0.4) is 0 Å². The van der Waals surface area contributed by atoms with Gasteiger partial charge in [0, 0.05) is 31.4 Å². The largest absolute Gasteiger partial charge is 0.481 e. The molecule has 0 aromatic rings. The molecule has 2 atom stereocenters. The number of hydrogen-bond donors (Lipinski definition) is 2. The van der Waals surface area contributed by atoms with E-state index in [-0.39, 0.29) is 18.4 Å². The Morgan fingerprint density at radius 2 is 2.12 bits per heavy atom. The molecule has 0 aliphatic carbocycles. The monoisotopic (exact) mass is 243 g/mol. The molecule has 2 N–H and O–H groups in total. The average molecular weight is 243 g/mol. The number of unbranched alkanes of at least 4 members (excludes halogenated alkanes) is 1. The Hall–Kier alpha value is -1.10. The minimum absolute atomic E-state index is 0.00906. The van der Waals surface area contributed by atoms with E-state index in [2.05, 4.69) is 5.32 Å². The van der Waals surface area contributed by atoms with Crippen LogP contribution in [-0.4, -0.2) is 36.2 Å². The third kappa shape index (κ3) is 5.68. The van der Waals surface area contributed by atoms with Gasteiger partial charge < -0.3 is 15.2 Å². The Morgan fingerprint density at radius 3 is 2.71 bits per heavy atom. The molecule has 1 amide bonds. The zero-order valence-corrected chi connectivity index (χ0v) is 10.3. The number of hydrogen-bond acceptors (Lipinski definition) is 3. The highest BCUT2D eigenvalue weighted by molar-refractivity contribution is 5.76. The quantitative estimate of drug-likeness (QED) is 0.658. The Kier molecular flexibility index (Phi) is 5.97. The smallest absolute Gasteiger partial charge is 0.303 e. The van der Waals surface area contributed by atoms with Gasteiger partial charge in [-0.1, -0.05) is 0 Å². The summed E-state index contributed by atoms with van der Waals surface area (Å²) in [5.74, 6) is -0.380. The van der Waals surface area contributed by atoms with Crippen LogP contribution in [0.1, 0.15) is 39.0 Å². The zero-order chi connectivity index (χ0) is 12.7. The predicted molar refractivity (Wildman–Crippen MR) is 62.6 cm³/mol. The zero-order valence-electron chi connectivity index (χ0n) is 10.3. The third-order valence-electron chi connectivity index (χ3n) is 3.11. The second kappa shape index (κ2) is 7.27. The fourth-order valence-electron chi connectivity index (χ4n) is 1.95. The molecule has 98 valence electrons. The summed E-state index contributed by atoms with van der Waals surface area (Å²) in [6.07, 6.45) is 2.74. The van der Waals surface area contributed by atoms with Gasteiger partial charge in [-0.15, -0.1) is 0 Å². The van der Waals surface area contributed by atoms with Gasteiger partial charge in [-0.25, -0.2) is 0 Å². The molecule has 17 heavy (non-hydrogen) atoms. The van der Waals surface area contributed by atoms with Crippen LogP contribution in [-0.2, 0) is 14.3 Å². The van der Waals surface area contributed by atoms with Crippen molar-refractivity contribution in [3.63, 3.8) is 0 Å². The summed E-state index contributed by atoms with van der Waals surface area (Å²) in [6, 6.07) is 0.143. The van der Waals surface area contributed by atoms with E-state index in [1.165, 1.54) is 0 Å². The van der Waals surface area contributed by atoms with Crippen molar-refractivity contribution in [3.8, 4) is 0 Å². The van der Waals surface area contributed by atoms with Crippen LogP contribution < -0.4 is 5.32 Å². The number of amides is 1. The molecule has 5 nitrogen and oxygen atoms in total. The first-order valence-corrected chi connectivity index (χ1v) is 6.18. The molecule has 0 radical (unpaired) electrons. The van der Waals surface area contributed by atoms with Gasteiger partial charge in [0.2, 0.25) is 5.91 Å². The molecule has 1 aliphatic rings. The van der Waals surface area contributed by atoms with E-state index in [4.69, 9.17) is 9.84 Å². The van der Waals surface area contributed by atoms with Gasteiger partial charge in [0.25, 0.3) is 0 Å². The minimum Gasteiger partial charge on any atom is -0.481 e. The number of nitrogens with one attached hydrogen (secondary N) is 1. The molecule has 1 heterocycles. The van der Waals surface area contributed by atoms with Gasteiger partial charge in [-0.05, 0) is 26.2 Å². The van der Waals surface area contributed by atoms with Gasteiger partial charge in [0.15, 0.2) is 0 Å². The van der Waals surface area contributed by atoms with Crippen LogP contribution >= 0.6 is 0 Å². The van der Waals surface area contributed by atoms with Crippen LogP contribution in [0.2, 0.25) is 0 Å². The molecule has 0 saturated carbocycles.